The van der Waals surface area contributed by atoms with Gasteiger partial charge in [-0.25, -0.2) is 4.79 Å². The van der Waals surface area contributed by atoms with E-state index < -0.39 is 5.97 Å². The van der Waals surface area contributed by atoms with Crippen molar-refractivity contribution in [3.63, 3.8) is 0 Å². The summed E-state index contributed by atoms with van der Waals surface area (Å²) in [5, 5.41) is 9.31. The Balaban J connectivity index is 2.45. The molecule has 1 aliphatic heterocycles. The Morgan fingerprint density at radius 1 is 1.42 bits per heavy atom. The number of nitrogens with zero attached hydrogens (tertiary/aromatic N) is 1. The van der Waals surface area contributed by atoms with Crippen molar-refractivity contribution in [1.82, 2.24) is 0 Å². The maximum Gasteiger partial charge on any atom is 0.336 e. The van der Waals surface area contributed by atoms with Gasteiger partial charge in [0.05, 0.1) is 5.56 Å². The number of carbonyl (C=O) groups is 1. The number of hydrogen-bond donors (Lipinski definition) is 1. The number of benzene rings is 1. The molecule has 0 aromatic heterocycles. The van der Waals surface area contributed by atoms with Gasteiger partial charge in [0.2, 0.25) is 0 Å². The Morgan fingerprint density at radius 3 is 2.74 bits per heavy atom. The van der Waals surface area contributed by atoms with Gasteiger partial charge in [-0.1, -0.05) is 26.8 Å². The van der Waals surface area contributed by atoms with Crippen LogP contribution in [0.1, 0.15) is 49.5 Å². The molecule has 0 amide bonds. The molecule has 1 unspecified atom stereocenters. The van der Waals surface area contributed by atoms with E-state index in [0.717, 1.165) is 37.1 Å². The van der Waals surface area contributed by atoms with Crippen LogP contribution in [-0.4, -0.2) is 23.7 Å². The molecule has 1 aromatic rings. The van der Waals surface area contributed by atoms with Crippen LogP contribution in [-0.2, 0) is 6.42 Å². The molecule has 1 N–H and O–H groups in total. The average Bonchev–Trinajstić information content (AvgIpc) is 2.38. The molecule has 104 valence electrons. The predicted octanol–water partition coefficient (Wildman–Crippen LogP) is 3.57. The minimum Gasteiger partial charge on any atom is -0.478 e. The fourth-order valence-electron chi connectivity index (χ4n) is 3.25. The third kappa shape index (κ3) is 2.60. The largest absolute Gasteiger partial charge is 0.478 e. The molecule has 1 atom stereocenters. The van der Waals surface area contributed by atoms with Gasteiger partial charge in [-0.2, -0.15) is 0 Å². The zero-order chi connectivity index (χ0) is 14.0. The summed E-state index contributed by atoms with van der Waals surface area (Å²) in [5.41, 5.74) is 2.62. The SMILES string of the molecule is CCC(C(C)C)N1CCCc2c(C(=O)O)cccc21. The zero-order valence-corrected chi connectivity index (χ0v) is 12.0. The summed E-state index contributed by atoms with van der Waals surface area (Å²) in [5.74, 6) is -0.235. The van der Waals surface area contributed by atoms with Crippen molar-refractivity contribution in [1.29, 1.82) is 0 Å². The van der Waals surface area contributed by atoms with Crippen LogP contribution in [0.4, 0.5) is 5.69 Å². The Bertz CT molecular complexity index is 468. The molecule has 3 nitrogen and oxygen atoms in total. The molecular weight excluding hydrogens is 238 g/mol. The van der Waals surface area contributed by atoms with Crippen LogP contribution in [0.2, 0.25) is 0 Å². The summed E-state index contributed by atoms with van der Waals surface area (Å²) in [6.45, 7) is 7.72. The normalized spacial score (nSPS) is 16.3. The number of fused-ring (bicyclic) bond motifs is 1. The molecule has 0 radical (unpaired) electrons. The van der Waals surface area contributed by atoms with Crippen molar-refractivity contribution in [3.8, 4) is 0 Å². The summed E-state index contributed by atoms with van der Waals surface area (Å²) in [7, 11) is 0. The van der Waals surface area contributed by atoms with E-state index in [2.05, 4.69) is 31.7 Å². The first-order valence-electron chi connectivity index (χ1n) is 7.18. The lowest BCUT2D eigenvalue weighted by Gasteiger charge is -2.40. The van der Waals surface area contributed by atoms with Crippen LogP contribution in [0.25, 0.3) is 0 Å². The quantitative estimate of drug-likeness (QED) is 0.900. The van der Waals surface area contributed by atoms with Gasteiger partial charge < -0.3 is 10.0 Å². The third-order valence-electron chi connectivity index (χ3n) is 4.11. The summed E-state index contributed by atoms with van der Waals surface area (Å²) in [6, 6.07) is 6.16. The van der Waals surface area contributed by atoms with Crippen LogP contribution in [0.15, 0.2) is 18.2 Å². The minimum absolute atomic E-state index is 0.473. The number of carboxylic acids is 1. The van der Waals surface area contributed by atoms with Crippen LogP contribution in [0, 0.1) is 5.92 Å². The number of rotatable bonds is 4. The standard InChI is InChI=1S/C16H23NO2/c1-4-14(11(2)3)17-10-6-8-12-13(16(18)19)7-5-9-15(12)17/h5,7,9,11,14H,4,6,8,10H2,1-3H3,(H,18,19). The van der Waals surface area contributed by atoms with Gasteiger partial charge in [-0.05, 0) is 42.9 Å². The maximum atomic E-state index is 11.3. The molecule has 0 bridgehead atoms. The van der Waals surface area contributed by atoms with Crippen molar-refractivity contribution in [3.05, 3.63) is 29.3 Å². The highest BCUT2D eigenvalue weighted by Gasteiger charge is 2.27. The Morgan fingerprint density at radius 2 is 2.16 bits per heavy atom. The zero-order valence-electron chi connectivity index (χ0n) is 12.0. The third-order valence-corrected chi connectivity index (χ3v) is 4.11. The van der Waals surface area contributed by atoms with Crippen LogP contribution in [0.5, 0.6) is 0 Å². The van der Waals surface area contributed by atoms with Crippen molar-refractivity contribution in [2.24, 2.45) is 5.92 Å². The van der Waals surface area contributed by atoms with Gasteiger partial charge in [0.1, 0.15) is 0 Å². The molecule has 2 rings (SSSR count). The van der Waals surface area contributed by atoms with E-state index in [0.29, 0.717) is 17.5 Å². The molecule has 0 spiro atoms. The lowest BCUT2D eigenvalue weighted by Crippen LogP contribution is -2.42. The summed E-state index contributed by atoms with van der Waals surface area (Å²) >= 11 is 0. The molecule has 0 saturated carbocycles. The highest BCUT2D eigenvalue weighted by molar-refractivity contribution is 5.91. The number of carboxylic acid groups (broad SMARTS) is 1. The van der Waals surface area contributed by atoms with Gasteiger partial charge in [0.25, 0.3) is 0 Å². The van der Waals surface area contributed by atoms with E-state index in [4.69, 9.17) is 0 Å². The molecule has 0 aliphatic carbocycles. The van der Waals surface area contributed by atoms with E-state index in [1.54, 1.807) is 6.07 Å². The van der Waals surface area contributed by atoms with E-state index in [1.807, 2.05) is 6.07 Å². The van der Waals surface area contributed by atoms with Crippen molar-refractivity contribution in [2.45, 2.75) is 46.1 Å². The molecule has 19 heavy (non-hydrogen) atoms. The van der Waals surface area contributed by atoms with Crippen LogP contribution >= 0.6 is 0 Å². The van der Waals surface area contributed by atoms with Crippen molar-refractivity contribution >= 4 is 11.7 Å². The lowest BCUT2D eigenvalue weighted by atomic mass is 9.91. The first-order valence-corrected chi connectivity index (χ1v) is 7.18. The molecule has 0 saturated heterocycles. The first kappa shape index (κ1) is 13.9. The molecule has 1 aromatic carbocycles. The first-order chi connectivity index (χ1) is 9.06. The second kappa shape index (κ2) is 5.64. The minimum atomic E-state index is -0.809. The number of hydrogen-bond acceptors (Lipinski definition) is 2. The summed E-state index contributed by atoms with van der Waals surface area (Å²) in [4.78, 5) is 13.7. The fraction of sp³-hybridized carbons (Fsp3) is 0.562. The van der Waals surface area contributed by atoms with Crippen molar-refractivity contribution in [2.75, 3.05) is 11.4 Å². The highest BCUT2D eigenvalue weighted by atomic mass is 16.4. The molecule has 0 fully saturated rings. The average molecular weight is 261 g/mol. The van der Waals surface area contributed by atoms with Crippen LogP contribution in [0.3, 0.4) is 0 Å². The molecular formula is C16H23NO2. The van der Waals surface area contributed by atoms with Crippen molar-refractivity contribution < 1.29 is 9.90 Å². The Kier molecular flexibility index (Phi) is 4.13. The summed E-state index contributed by atoms with van der Waals surface area (Å²) < 4.78 is 0. The molecule has 3 heteroatoms. The predicted molar refractivity (Wildman–Crippen MR) is 78.0 cm³/mol. The van der Waals surface area contributed by atoms with Gasteiger partial charge in [-0.15, -0.1) is 0 Å². The van der Waals surface area contributed by atoms with Gasteiger partial charge in [-0.3, -0.25) is 0 Å². The lowest BCUT2D eigenvalue weighted by molar-refractivity contribution is 0.0695. The second-order valence-corrected chi connectivity index (χ2v) is 5.62. The smallest absolute Gasteiger partial charge is 0.336 e. The van der Waals surface area contributed by atoms with Gasteiger partial charge in [0, 0.05) is 18.3 Å². The Hall–Kier alpha value is -1.51. The monoisotopic (exact) mass is 261 g/mol. The number of aromatic carboxylic acids is 1. The number of anilines is 1. The topological polar surface area (TPSA) is 40.5 Å². The Labute approximate surface area is 115 Å². The highest BCUT2D eigenvalue weighted by Crippen LogP contribution is 2.33. The van der Waals surface area contributed by atoms with Crippen LogP contribution < -0.4 is 4.90 Å². The molecule has 1 aliphatic rings. The maximum absolute atomic E-state index is 11.3. The van der Waals surface area contributed by atoms with Gasteiger partial charge in [0.15, 0.2) is 0 Å². The van der Waals surface area contributed by atoms with E-state index in [1.165, 1.54) is 0 Å². The fourth-order valence-corrected chi connectivity index (χ4v) is 3.25. The van der Waals surface area contributed by atoms with E-state index in [9.17, 15) is 9.90 Å². The molecule has 1 heterocycles. The summed E-state index contributed by atoms with van der Waals surface area (Å²) in [6.07, 6.45) is 3.01. The van der Waals surface area contributed by atoms with E-state index in [-0.39, 0.29) is 0 Å². The van der Waals surface area contributed by atoms with E-state index >= 15 is 0 Å². The van der Waals surface area contributed by atoms with Gasteiger partial charge >= 0.3 is 5.97 Å². The second-order valence-electron chi connectivity index (χ2n) is 5.62.